The predicted molar refractivity (Wildman–Crippen MR) is 73.4 cm³/mol. The number of nitrogens with one attached hydrogen (secondary N) is 1. The van der Waals surface area contributed by atoms with E-state index < -0.39 is 0 Å². The molecule has 3 N–H and O–H groups in total. The van der Waals surface area contributed by atoms with Gasteiger partial charge in [-0.1, -0.05) is 27.2 Å². The highest BCUT2D eigenvalue weighted by atomic mass is 35.5. The van der Waals surface area contributed by atoms with Crippen molar-refractivity contribution in [2.24, 2.45) is 11.7 Å². The quantitative estimate of drug-likeness (QED) is 0.625. The highest BCUT2D eigenvalue weighted by molar-refractivity contribution is 5.85. The highest BCUT2D eigenvalue weighted by Crippen LogP contribution is 2.03. The van der Waals surface area contributed by atoms with Gasteiger partial charge in [0, 0.05) is 19.2 Å². The number of carbonyl (C=O) groups is 1. The summed E-state index contributed by atoms with van der Waals surface area (Å²) < 4.78 is 5.23. The maximum atomic E-state index is 11.5. The fourth-order valence-electron chi connectivity index (χ4n) is 1.46. The Morgan fingerprint density at radius 1 is 1.41 bits per heavy atom. The Hall–Kier alpha value is -0.320. The van der Waals surface area contributed by atoms with Crippen LogP contribution in [0.5, 0.6) is 0 Å². The summed E-state index contributed by atoms with van der Waals surface area (Å²) in [6.45, 7) is 7.62. The zero-order chi connectivity index (χ0) is 12.4. The van der Waals surface area contributed by atoms with Crippen molar-refractivity contribution in [2.45, 2.75) is 46.1 Å². The number of hydrogen-bond donors (Lipinski definition) is 2. The Balaban J connectivity index is 0. The number of unbranched alkanes of at least 4 members (excludes halogenated alkanes) is 1. The van der Waals surface area contributed by atoms with Gasteiger partial charge in [0.1, 0.15) is 6.61 Å². The van der Waals surface area contributed by atoms with Gasteiger partial charge in [-0.3, -0.25) is 4.79 Å². The minimum atomic E-state index is -0.0628. The van der Waals surface area contributed by atoms with E-state index in [9.17, 15) is 4.79 Å². The van der Waals surface area contributed by atoms with Crippen LogP contribution in [0.4, 0.5) is 0 Å². The molecule has 1 atom stereocenters. The molecular formula is C12H27ClN2O2. The Labute approximate surface area is 111 Å². The van der Waals surface area contributed by atoms with Gasteiger partial charge in [0.05, 0.1) is 0 Å². The van der Waals surface area contributed by atoms with Crippen LogP contribution >= 0.6 is 12.4 Å². The van der Waals surface area contributed by atoms with Gasteiger partial charge in [0.25, 0.3) is 0 Å². The lowest BCUT2D eigenvalue weighted by Crippen LogP contribution is -2.42. The topological polar surface area (TPSA) is 64.3 Å². The van der Waals surface area contributed by atoms with Crippen molar-refractivity contribution in [3.63, 3.8) is 0 Å². The van der Waals surface area contributed by atoms with Crippen molar-refractivity contribution >= 4 is 18.3 Å². The van der Waals surface area contributed by atoms with Crippen LogP contribution in [-0.4, -0.2) is 31.7 Å². The first-order valence-electron chi connectivity index (χ1n) is 6.17. The van der Waals surface area contributed by atoms with Crippen LogP contribution in [0.15, 0.2) is 0 Å². The van der Waals surface area contributed by atoms with E-state index in [0.29, 0.717) is 19.1 Å². The number of halogens is 1. The number of hydrogen-bond acceptors (Lipinski definition) is 3. The van der Waals surface area contributed by atoms with Crippen molar-refractivity contribution in [3.8, 4) is 0 Å². The second kappa shape index (κ2) is 12.1. The van der Waals surface area contributed by atoms with Gasteiger partial charge >= 0.3 is 0 Å². The van der Waals surface area contributed by atoms with Gasteiger partial charge < -0.3 is 15.8 Å². The lowest BCUT2D eigenvalue weighted by molar-refractivity contribution is -0.126. The Kier molecular flexibility index (Phi) is 13.6. The Morgan fingerprint density at radius 3 is 2.53 bits per heavy atom. The molecule has 0 saturated carbocycles. The molecule has 0 aliphatic carbocycles. The predicted octanol–water partition coefficient (Wildman–Crippen LogP) is 1.71. The normalized spacial score (nSPS) is 12.1. The molecule has 0 radical (unpaired) electrons. The van der Waals surface area contributed by atoms with E-state index in [-0.39, 0.29) is 31.0 Å². The van der Waals surface area contributed by atoms with E-state index in [0.717, 1.165) is 19.3 Å². The summed E-state index contributed by atoms with van der Waals surface area (Å²) in [7, 11) is 0. The average molecular weight is 267 g/mol. The van der Waals surface area contributed by atoms with Crippen molar-refractivity contribution in [3.05, 3.63) is 0 Å². The molecule has 0 spiro atoms. The van der Waals surface area contributed by atoms with Crippen molar-refractivity contribution in [1.29, 1.82) is 0 Å². The molecule has 1 amide bonds. The second-order valence-corrected chi connectivity index (χ2v) is 4.54. The molecule has 4 nitrogen and oxygen atoms in total. The molecule has 0 saturated heterocycles. The summed E-state index contributed by atoms with van der Waals surface area (Å²) in [6.07, 6.45) is 3.00. The van der Waals surface area contributed by atoms with Gasteiger partial charge in [-0.15, -0.1) is 12.4 Å². The van der Waals surface area contributed by atoms with Crippen LogP contribution in [-0.2, 0) is 9.53 Å². The summed E-state index contributed by atoms with van der Waals surface area (Å²) in [4.78, 5) is 11.5. The molecule has 0 heterocycles. The van der Waals surface area contributed by atoms with E-state index >= 15 is 0 Å². The van der Waals surface area contributed by atoms with Crippen LogP contribution in [0.2, 0.25) is 0 Å². The number of nitrogens with two attached hydrogens (primary N) is 1. The van der Waals surface area contributed by atoms with E-state index in [1.165, 1.54) is 0 Å². The molecule has 0 rings (SSSR count). The van der Waals surface area contributed by atoms with E-state index in [4.69, 9.17) is 10.5 Å². The lowest BCUT2D eigenvalue weighted by atomic mass is 10.0. The van der Waals surface area contributed by atoms with E-state index in [1.54, 1.807) is 0 Å². The average Bonchev–Trinajstić information content (AvgIpc) is 2.23. The lowest BCUT2D eigenvalue weighted by Gasteiger charge is -2.18. The number of ether oxygens (including phenoxy) is 1. The number of carbonyl (C=O) groups excluding carboxylic acids is 1. The minimum Gasteiger partial charge on any atom is -0.372 e. The Bertz CT molecular complexity index is 189. The third kappa shape index (κ3) is 11.9. The van der Waals surface area contributed by atoms with Crippen LogP contribution in [0, 0.1) is 5.92 Å². The summed E-state index contributed by atoms with van der Waals surface area (Å²) in [5.41, 5.74) is 5.59. The van der Waals surface area contributed by atoms with Crippen LogP contribution in [0.25, 0.3) is 0 Å². The molecule has 0 aliphatic rings. The van der Waals surface area contributed by atoms with Crippen LogP contribution in [0.1, 0.15) is 40.0 Å². The summed E-state index contributed by atoms with van der Waals surface area (Å²) >= 11 is 0. The standard InChI is InChI=1S/C12H26N2O2.ClH/c1-4-5-6-16-9-12(15)14-11(8-13)7-10(2)3;/h10-11H,4-9,13H2,1-3H3,(H,14,15);1H. The first-order chi connectivity index (χ1) is 7.60. The third-order valence-corrected chi connectivity index (χ3v) is 2.28. The van der Waals surface area contributed by atoms with Crippen molar-refractivity contribution < 1.29 is 9.53 Å². The van der Waals surface area contributed by atoms with Gasteiger partial charge in [0.2, 0.25) is 5.91 Å². The summed E-state index contributed by atoms with van der Waals surface area (Å²) in [5.74, 6) is 0.474. The molecule has 0 bridgehead atoms. The minimum absolute atomic E-state index is 0. The fourth-order valence-corrected chi connectivity index (χ4v) is 1.46. The molecule has 0 fully saturated rings. The highest BCUT2D eigenvalue weighted by Gasteiger charge is 2.11. The number of rotatable bonds is 9. The number of amides is 1. The maximum Gasteiger partial charge on any atom is 0.246 e. The molecule has 0 aromatic carbocycles. The zero-order valence-corrected chi connectivity index (χ0v) is 12.0. The second-order valence-electron chi connectivity index (χ2n) is 4.54. The van der Waals surface area contributed by atoms with Crippen LogP contribution in [0.3, 0.4) is 0 Å². The molecule has 0 aromatic heterocycles. The molecule has 17 heavy (non-hydrogen) atoms. The summed E-state index contributed by atoms with van der Waals surface area (Å²) in [6, 6.07) is 0.0716. The molecule has 5 heteroatoms. The van der Waals surface area contributed by atoms with Crippen molar-refractivity contribution in [2.75, 3.05) is 19.8 Å². The van der Waals surface area contributed by atoms with E-state index in [1.807, 2.05) is 0 Å². The Morgan fingerprint density at radius 2 is 2.06 bits per heavy atom. The maximum absolute atomic E-state index is 11.5. The van der Waals surface area contributed by atoms with Gasteiger partial charge in [-0.2, -0.15) is 0 Å². The third-order valence-electron chi connectivity index (χ3n) is 2.28. The molecular weight excluding hydrogens is 240 g/mol. The largest absolute Gasteiger partial charge is 0.372 e. The zero-order valence-electron chi connectivity index (χ0n) is 11.2. The van der Waals surface area contributed by atoms with Gasteiger partial charge in [-0.05, 0) is 18.8 Å². The first kappa shape index (κ1) is 19.0. The van der Waals surface area contributed by atoms with Gasteiger partial charge in [0.15, 0.2) is 0 Å². The SMILES string of the molecule is CCCCOCC(=O)NC(CN)CC(C)C.Cl. The first-order valence-corrected chi connectivity index (χ1v) is 6.17. The molecule has 1 unspecified atom stereocenters. The van der Waals surface area contributed by atoms with E-state index in [2.05, 4.69) is 26.1 Å². The van der Waals surface area contributed by atoms with Crippen molar-refractivity contribution in [1.82, 2.24) is 5.32 Å². The molecule has 0 aliphatic heterocycles. The summed E-state index contributed by atoms with van der Waals surface area (Å²) in [5, 5.41) is 2.89. The molecule has 0 aromatic rings. The monoisotopic (exact) mass is 266 g/mol. The fraction of sp³-hybridized carbons (Fsp3) is 0.917. The van der Waals surface area contributed by atoms with Crippen LogP contribution < -0.4 is 11.1 Å². The van der Waals surface area contributed by atoms with Gasteiger partial charge in [-0.25, -0.2) is 0 Å². The molecule has 104 valence electrons. The smallest absolute Gasteiger partial charge is 0.246 e.